The van der Waals surface area contributed by atoms with E-state index in [4.69, 9.17) is 18.9 Å². The van der Waals surface area contributed by atoms with Crippen molar-refractivity contribution in [3.63, 3.8) is 0 Å². The lowest BCUT2D eigenvalue weighted by Crippen LogP contribution is -2.50. The van der Waals surface area contributed by atoms with Crippen LogP contribution in [0.5, 0.6) is 23.0 Å². The van der Waals surface area contributed by atoms with Gasteiger partial charge in [-0.05, 0) is 17.5 Å². The number of hydrogen-bond acceptors (Lipinski definition) is 5. The minimum atomic E-state index is -0.897. The first-order valence-corrected chi connectivity index (χ1v) is 9.87. The number of methoxy groups -OCH3 is 4. The van der Waals surface area contributed by atoms with Gasteiger partial charge in [-0.2, -0.15) is 0 Å². The highest BCUT2D eigenvalue weighted by Crippen LogP contribution is 2.57. The number of rotatable bonds is 6. The fraction of sp³-hybridized carbons (Fsp3) is 0.292. The lowest BCUT2D eigenvalue weighted by Gasteiger charge is -2.40. The van der Waals surface area contributed by atoms with E-state index in [0.29, 0.717) is 29.5 Å². The lowest BCUT2D eigenvalue weighted by molar-refractivity contribution is -0.137. The molecule has 4 rings (SSSR count). The molecule has 1 N–H and O–H groups in total. The van der Waals surface area contributed by atoms with Crippen LogP contribution >= 0.6 is 0 Å². The zero-order valence-corrected chi connectivity index (χ0v) is 18.3. The molecule has 0 aromatic heterocycles. The average molecular weight is 424 g/mol. The van der Waals surface area contributed by atoms with Crippen LogP contribution in [0.15, 0.2) is 36.4 Å². The minimum absolute atomic E-state index is 0.112. The van der Waals surface area contributed by atoms with Crippen molar-refractivity contribution in [2.45, 2.75) is 6.54 Å². The predicted molar refractivity (Wildman–Crippen MR) is 120 cm³/mol. The first-order chi connectivity index (χ1) is 14.9. The molecule has 1 aliphatic rings. The third-order valence-corrected chi connectivity index (χ3v) is 5.93. The molecule has 7 heteroatoms. The quantitative estimate of drug-likeness (QED) is 0.601. The van der Waals surface area contributed by atoms with Crippen LogP contribution in [0.25, 0.3) is 21.9 Å². The van der Waals surface area contributed by atoms with Crippen LogP contribution in [-0.2, 0) is 11.3 Å². The predicted octanol–water partition coefficient (Wildman–Crippen LogP) is 4.08. The molecule has 0 amide bonds. The van der Waals surface area contributed by atoms with Gasteiger partial charge in [0, 0.05) is 16.5 Å². The maximum absolute atomic E-state index is 11.9. The summed E-state index contributed by atoms with van der Waals surface area (Å²) < 4.78 is 22.8. The number of quaternary nitrogens is 1. The van der Waals surface area contributed by atoms with Crippen molar-refractivity contribution >= 4 is 22.4 Å². The van der Waals surface area contributed by atoms with E-state index in [1.54, 1.807) is 28.4 Å². The molecular weight excluding hydrogens is 398 g/mol. The summed E-state index contributed by atoms with van der Waals surface area (Å²) in [5.41, 5.74) is 3.64. The average Bonchev–Trinajstić information content (AvgIpc) is 2.76. The molecule has 1 unspecified atom stereocenters. The van der Waals surface area contributed by atoms with Gasteiger partial charge in [-0.3, -0.25) is 4.48 Å². The number of benzene rings is 3. The Morgan fingerprint density at radius 1 is 0.935 bits per heavy atom. The zero-order valence-electron chi connectivity index (χ0n) is 18.3. The molecule has 0 saturated heterocycles. The Hall–Kier alpha value is -3.45. The van der Waals surface area contributed by atoms with Gasteiger partial charge in [-0.1, -0.05) is 24.3 Å². The van der Waals surface area contributed by atoms with Crippen molar-refractivity contribution in [1.82, 2.24) is 4.48 Å². The van der Waals surface area contributed by atoms with Crippen LogP contribution < -0.4 is 23.4 Å². The summed E-state index contributed by atoms with van der Waals surface area (Å²) >= 11 is 0. The molecule has 0 aliphatic carbocycles. The van der Waals surface area contributed by atoms with E-state index in [0.717, 1.165) is 33.2 Å². The normalized spacial score (nSPS) is 16.9. The fourth-order valence-electron chi connectivity index (χ4n) is 4.72. The molecule has 0 fully saturated rings. The molecule has 3 aromatic rings. The van der Waals surface area contributed by atoms with Crippen molar-refractivity contribution in [2.75, 3.05) is 42.0 Å². The Bertz CT molecular complexity index is 1190. The van der Waals surface area contributed by atoms with Gasteiger partial charge in [0.1, 0.15) is 6.54 Å². The largest absolute Gasteiger partial charge is 0.493 e. The van der Waals surface area contributed by atoms with Gasteiger partial charge in [0.25, 0.3) is 0 Å². The smallest absolute Gasteiger partial charge is 0.359 e. The van der Waals surface area contributed by atoms with Crippen LogP contribution in [0.3, 0.4) is 0 Å². The van der Waals surface area contributed by atoms with Crippen molar-refractivity contribution in [3.05, 3.63) is 42.0 Å². The van der Waals surface area contributed by atoms with Gasteiger partial charge in [0.2, 0.25) is 5.75 Å². The molecular formula is C24H26NO6+. The number of ether oxygens (including phenoxy) is 4. The third-order valence-electron chi connectivity index (χ3n) is 5.93. The Labute approximate surface area is 180 Å². The molecule has 162 valence electrons. The summed E-state index contributed by atoms with van der Waals surface area (Å²) in [4.78, 5) is 11.9. The molecule has 3 aromatic carbocycles. The van der Waals surface area contributed by atoms with Gasteiger partial charge in [-0.15, -0.1) is 0 Å². The van der Waals surface area contributed by atoms with E-state index in [1.165, 1.54) is 0 Å². The molecule has 7 nitrogen and oxygen atoms in total. The van der Waals surface area contributed by atoms with Crippen LogP contribution in [0.4, 0.5) is 5.69 Å². The lowest BCUT2D eigenvalue weighted by atomic mass is 9.86. The van der Waals surface area contributed by atoms with E-state index >= 15 is 0 Å². The Morgan fingerprint density at radius 2 is 1.55 bits per heavy atom. The molecule has 0 radical (unpaired) electrons. The SMILES string of the molecule is COc1cc2c(cc1OC)-c1c(c(OC)c(OC)c3ccccc13)[N+](C)(CC(=O)O)C2. The highest BCUT2D eigenvalue weighted by molar-refractivity contribution is 6.10. The minimum Gasteiger partial charge on any atom is -0.493 e. The van der Waals surface area contributed by atoms with Crippen LogP contribution in [0.1, 0.15) is 5.56 Å². The van der Waals surface area contributed by atoms with Crippen molar-refractivity contribution < 1.29 is 28.8 Å². The maximum atomic E-state index is 11.9. The summed E-state index contributed by atoms with van der Waals surface area (Å²) in [6, 6.07) is 11.8. The number of fused-ring (bicyclic) bond motifs is 5. The number of likely N-dealkylation sites (N-methyl/N-ethyl adjacent to an activating group) is 1. The molecule has 31 heavy (non-hydrogen) atoms. The molecule has 0 spiro atoms. The van der Waals surface area contributed by atoms with Crippen LogP contribution in [0.2, 0.25) is 0 Å². The number of nitrogens with zero attached hydrogens (tertiary/aromatic N) is 1. The van der Waals surface area contributed by atoms with E-state index in [1.807, 2.05) is 43.4 Å². The second kappa shape index (κ2) is 7.67. The number of carbonyl (C=O) groups is 1. The van der Waals surface area contributed by atoms with Crippen molar-refractivity contribution in [2.24, 2.45) is 0 Å². The third kappa shape index (κ3) is 3.13. The second-order valence-corrected chi connectivity index (χ2v) is 7.81. The second-order valence-electron chi connectivity index (χ2n) is 7.81. The van der Waals surface area contributed by atoms with Crippen molar-refractivity contribution in [3.8, 4) is 34.1 Å². The number of hydrogen-bond donors (Lipinski definition) is 1. The first kappa shape index (κ1) is 20.8. The Balaban J connectivity index is 2.21. The van der Waals surface area contributed by atoms with Gasteiger partial charge in [-0.25, -0.2) is 4.79 Å². The first-order valence-electron chi connectivity index (χ1n) is 9.87. The van der Waals surface area contributed by atoms with Crippen LogP contribution in [-0.4, -0.2) is 53.1 Å². The highest BCUT2D eigenvalue weighted by atomic mass is 16.5. The number of aliphatic carboxylic acids is 1. The van der Waals surface area contributed by atoms with E-state index < -0.39 is 5.97 Å². The molecule has 1 aliphatic heterocycles. The fourth-order valence-corrected chi connectivity index (χ4v) is 4.72. The highest BCUT2D eigenvalue weighted by Gasteiger charge is 2.43. The topological polar surface area (TPSA) is 74.2 Å². The van der Waals surface area contributed by atoms with Crippen molar-refractivity contribution in [1.29, 1.82) is 0 Å². The van der Waals surface area contributed by atoms with E-state index in [-0.39, 0.29) is 11.0 Å². The summed E-state index contributed by atoms with van der Waals surface area (Å²) in [5, 5.41) is 11.6. The summed E-state index contributed by atoms with van der Waals surface area (Å²) in [7, 11) is 8.29. The van der Waals surface area contributed by atoms with Gasteiger partial charge < -0.3 is 24.1 Å². The van der Waals surface area contributed by atoms with Gasteiger partial charge >= 0.3 is 5.97 Å². The van der Waals surface area contributed by atoms with Crippen LogP contribution in [0, 0.1) is 0 Å². The number of carboxylic acids is 1. The monoisotopic (exact) mass is 424 g/mol. The summed E-state index contributed by atoms with van der Waals surface area (Å²) in [5.74, 6) is 1.46. The van der Waals surface area contributed by atoms with E-state index in [9.17, 15) is 9.90 Å². The maximum Gasteiger partial charge on any atom is 0.359 e. The van der Waals surface area contributed by atoms with Gasteiger partial charge in [0.05, 0.1) is 41.1 Å². The molecule has 0 saturated carbocycles. The number of carboxylic acid groups (broad SMARTS) is 1. The molecule has 1 atom stereocenters. The standard InChI is InChI=1S/C24H25NO6/c1-25(13-20(26)27)12-14-10-18(28-2)19(29-3)11-17(14)21-15-8-6-7-9-16(15)23(30-4)24(31-5)22(21)25/h6-11H,12-13H2,1-5H3/p+1. The Kier molecular flexibility index (Phi) is 5.15. The van der Waals surface area contributed by atoms with Gasteiger partial charge in [0.15, 0.2) is 29.5 Å². The summed E-state index contributed by atoms with van der Waals surface area (Å²) in [6.45, 7) is 0.339. The molecule has 1 heterocycles. The van der Waals surface area contributed by atoms with E-state index in [2.05, 4.69) is 0 Å². The summed E-state index contributed by atoms with van der Waals surface area (Å²) in [6.07, 6.45) is 0. The zero-order chi connectivity index (χ0) is 22.3. The molecule has 0 bridgehead atoms. The Morgan fingerprint density at radius 3 is 2.13 bits per heavy atom.